The lowest BCUT2D eigenvalue weighted by Crippen LogP contribution is -2.37. The number of ether oxygens (including phenoxy) is 1. The molecule has 2 aliphatic rings. The molecule has 0 unspecified atom stereocenters. The van der Waals surface area contributed by atoms with E-state index in [2.05, 4.69) is 34.5 Å². The summed E-state index contributed by atoms with van der Waals surface area (Å²) in [6.45, 7) is 5.86. The van der Waals surface area contributed by atoms with Crippen LogP contribution in [-0.4, -0.2) is 69.0 Å². The lowest BCUT2D eigenvalue weighted by molar-refractivity contribution is 0.0326. The van der Waals surface area contributed by atoms with Crippen molar-refractivity contribution in [1.29, 1.82) is 0 Å². The Balaban J connectivity index is 1.45. The van der Waals surface area contributed by atoms with Crippen LogP contribution in [0, 0.1) is 5.82 Å². The third-order valence-electron chi connectivity index (χ3n) is 5.14. The molecule has 0 N–H and O–H groups in total. The zero-order valence-corrected chi connectivity index (χ0v) is 15.0. The number of piperidine rings is 1. The van der Waals surface area contributed by atoms with E-state index in [9.17, 15) is 4.39 Å². The van der Waals surface area contributed by atoms with Crippen LogP contribution in [0.3, 0.4) is 0 Å². The molecule has 2 aliphatic heterocycles. The van der Waals surface area contributed by atoms with E-state index in [0.29, 0.717) is 5.95 Å². The lowest BCUT2D eigenvalue weighted by atomic mass is 9.97. The number of morpholine rings is 1. The molecule has 8 nitrogen and oxygen atoms in total. The normalized spacial score (nSPS) is 21.9. The van der Waals surface area contributed by atoms with Gasteiger partial charge < -0.3 is 14.2 Å². The maximum atomic E-state index is 13.1. The maximum absolute atomic E-state index is 13.1. The van der Waals surface area contributed by atoms with Crippen LogP contribution in [0.25, 0.3) is 0 Å². The summed E-state index contributed by atoms with van der Waals surface area (Å²) in [6, 6.07) is 0. The summed E-state index contributed by atoms with van der Waals surface area (Å²) >= 11 is 0. The Morgan fingerprint density at radius 2 is 1.92 bits per heavy atom. The Morgan fingerprint density at radius 1 is 1.15 bits per heavy atom. The van der Waals surface area contributed by atoms with Gasteiger partial charge in [0.1, 0.15) is 11.6 Å². The van der Waals surface area contributed by atoms with Crippen LogP contribution in [-0.2, 0) is 18.3 Å². The highest BCUT2D eigenvalue weighted by Gasteiger charge is 2.27. The smallest absolute Gasteiger partial charge is 0.225 e. The number of hydrogen-bond acceptors (Lipinski definition) is 7. The van der Waals surface area contributed by atoms with Crippen molar-refractivity contribution in [3.63, 3.8) is 0 Å². The first-order chi connectivity index (χ1) is 12.7. The Labute approximate surface area is 152 Å². The monoisotopic (exact) mass is 361 g/mol. The molecule has 0 aliphatic carbocycles. The van der Waals surface area contributed by atoms with Crippen LogP contribution in [0.2, 0.25) is 0 Å². The Kier molecular flexibility index (Phi) is 5.07. The SMILES string of the molecule is Cn1c(CN2CCOCC2)nnc1[C@H]1CCCN(c2ncc(F)cn2)C1. The van der Waals surface area contributed by atoms with Gasteiger partial charge in [-0.2, -0.15) is 0 Å². The minimum absolute atomic E-state index is 0.272. The minimum atomic E-state index is -0.414. The molecule has 1 atom stereocenters. The molecule has 2 aromatic rings. The molecule has 0 saturated carbocycles. The van der Waals surface area contributed by atoms with E-state index >= 15 is 0 Å². The maximum Gasteiger partial charge on any atom is 0.225 e. The van der Waals surface area contributed by atoms with Crippen LogP contribution < -0.4 is 4.90 Å². The second-order valence-corrected chi connectivity index (χ2v) is 6.91. The molecule has 4 rings (SSSR count). The van der Waals surface area contributed by atoms with Crippen molar-refractivity contribution >= 4 is 5.95 Å². The van der Waals surface area contributed by atoms with E-state index in [4.69, 9.17) is 4.74 Å². The van der Waals surface area contributed by atoms with Crippen molar-refractivity contribution in [1.82, 2.24) is 29.6 Å². The van der Waals surface area contributed by atoms with Crippen molar-refractivity contribution in [2.75, 3.05) is 44.3 Å². The summed E-state index contributed by atoms with van der Waals surface area (Å²) in [5.74, 6) is 2.42. The Bertz CT molecular complexity index is 729. The first-order valence-electron chi connectivity index (χ1n) is 9.11. The molecule has 0 aromatic carbocycles. The van der Waals surface area contributed by atoms with Gasteiger partial charge in [-0.25, -0.2) is 14.4 Å². The summed E-state index contributed by atoms with van der Waals surface area (Å²) in [6.07, 6.45) is 4.52. The molecule has 0 spiro atoms. The van der Waals surface area contributed by atoms with Gasteiger partial charge in [-0.15, -0.1) is 10.2 Å². The predicted molar refractivity (Wildman–Crippen MR) is 93.3 cm³/mol. The average molecular weight is 361 g/mol. The summed E-state index contributed by atoms with van der Waals surface area (Å²) in [4.78, 5) is 12.7. The average Bonchev–Trinajstić information content (AvgIpc) is 3.04. The fraction of sp³-hybridized carbons (Fsp3) is 0.647. The zero-order chi connectivity index (χ0) is 17.9. The van der Waals surface area contributed by atoms with Crippen molar-refractivity contribution in [3.05, 3.63) is 29.9 Å². The highest BCUT2D eigenvalue weighted by Crippen LogP contribution is 2.27. The number of nitrogens with zero attached hydrogens (tertiary/aromatic N) is 7. The van der Waals surface area contributed by atoms with Gasteiger partial charge in [0.2, 0.25) is 5.95 Å². The van der Waals surface area contributed by atoms with Gasteiger partial charge in [-0.05, 0) is 12.8 Å². The number of anilines is 1. The van der Waals surface area contributed by atoms with Gasteiger partial charge in [0.25, 0.3) is 0 Å². The van der Waals surface area contributed by atoms with Crippen LogP contribution in [0.1, 0.15) is 30.4 Å². The lowest BCUT2D eigenvalue weighted by Gasteiger charge is -2.32. The first kappa shape index (κ1) is 17.3. The molecule has 2 aromatic heterocycles. The second-order valence-electron chi connectivity index (χ2n) is 6.91. The number of rotatable bonds is 4. The molecule has 0 bridgehead atoms. The van der Waals surface area contributed by atoms with Crippen LogP contribution in [0.5, 0.6) is 0 Å². The minimum Gasteiger partial charge on any atom is -0.379 e. The molecule has 9 heteroatoms. The highest BCUT2D eigenvalue weighted by atomic mass is 19.1. The van der Waals surface area contributed by atoms with Gasteiger partial charge >= 0.3 is 0 Å². The highest BCUT2D eigenvalue weighted by molar-refractivity contribution is 5.31. The third kappa shape index (κ3) is 3.68. The van der Waals surface area contributed by atoms with Gasteiger partial charge in [-0.3, -0.25) is 4.90 Å². The van der Waals surface area contributed by atoms with E-state index in [0.717, 1.165) is 70.4 Å². The molecule has 0 radical (unpaired) electrons. The van der Waals surface area contributed by atoms with Crippen LogP contribution in [0.4, 0.5) is 10.3 Å². The third-order valence-corrected chi connectivity index (χ3v) is 5.14. The van der Waals surface area contributed by atoms with Crippen molar-refractivity contribution < 1.29 is 9.13 Å². The number of hydrogen-bond donors (Lipinski definition) is 0. The van der Waals surface area contributed by atoms with Crippen LogP contribution >= 0.6 is 0 Å². The predicted octanol–water partition coefficient (Wildman–Crippen LogP) is 0.960. The molecular weight excluding hydrogens is 337 g/mol. The zero-order valence-electron chi connectivity index (χ0n) is 15.0. The first-order valence-corrected chi connectivity index (χ1v) is 9.11. The molecule has 140 valence electrons. The number of halogens is 1. The second kappa shape index (κ2) is 7.63. The van der Waals surface area contributed by atoms with Crippen molar-refractivity contribution in [3.8, 4) is 0 Å². The van der Waals surface area contributed by atoms with E-state index in [1.807, 2.05) is 7.05 Å². The molecule has 2 fully saturated rings. The molecular formula is C17H24FN7O. The van der Waals surface area contributed by atoms with E-state index < -0.39 is 5.82 Å². The Morgan fingerprint density at radius 3 is 2.69 bits per heavy atom. The van der Waals surface area contributed by atoms with Gasteiger partial charge in [-0.1, -0.05) is 0 Å². The number of aromatic nitrogens is 5. The molecule has 2 saturated heterocycles. The fourth-order valence-electron chi connectivity index (χ4n) is 3.67. The Hall–Kier alpha value is -2.13. The van der Waals surface area contributed by atoms with Crippen LogP contribution in [0.15, 0.2) is 12.4 Å². The quantitative estimate of drug-likeness (QED) is 0.803. The standard InChI is InChI=1S/C17H24FN7O/c1-23-15(12-24-5-7-26-8-6-24)21-22-16(23)13-3-2-4-25(11-13)17-19-9-14(18)10-20-17/h9-10,13H,2-8,11-12H2,1H3/t13-/m0/s1. The molecule has 26 heavy (non-hydrogen) atoms. The summed E-state index contributed by atoms with van der Waals surface area (Å²) in [5.41, 5.74) is 0. The molecule has 0 amide bonds. The van der Waals surface area contributed by atoms with Gasteiger partial charge in [0.15, 0.2) is 5.82 Å². The summed E-state index contributed by atoms with van der Waals surface area (Å²) < 4.78 is 20.6. The van der Waals surface area contributed by atoms with E-state index in [-0.39, 0.29) is 5.92 Å². The van der Waals surface area contributed by atoms with E-state index in [1.165, 1.54) is 12.4 Å². The molecule has 4 heterocycles. The fourth-order valence-corrected chi connectivity index (χ4v) is 3.67. The summed E-state index contributed by atoms with van der Waals surface area (Å²) in [5, 5.41) is 8.90. The van der Waals surface area contributed by atoms with Crippen molar-refractivity contribution in [2.45, 2.75) is 25.3 Å². The largest absolute Gasteiger partial charge is 0.379 e. The summed E-state index contributed by atoms with van der Waals surface area (Å²) in [7, 11) is 2.04. The van der Waals surface area contributed by atoms with Gasteiger partial charge in [0, 0.05) is 39.1 Å². The topological polar surface area (TPSA) is 72.2 Å². The van der Waals surface area contributed by atoms with E-state index in [1.54, 1.807) is 0 Å². The van der Waals surface area contributed by atoms with Gasteiger partial charge in [0.05, 0.1) is 32.2 Å². The van der Waals surface area contributed by atoms with Crippen molar-refractivity contribution in [2.24, 2.45) is 7.05 Å².